The Hall–Kier alpha value is -1.50. The fraction of sp³-hybridized carbons (Fsp3) is 0.875. The largest absolute Gasteiger partial charge is 0.480 e. The first-order valence-corrected chi connectivity index (χ1v) is 8.47. The van der Waals surface area contributed by atoms with Gasteiger partial charge >= 0.3 is 12.1 Å². The van der Waals surface area contributed by atoms with Gasteiger partial charge in [-0.15, -0.1) is 0 Å². The molecule has 0 aliphatic heterocycles. The molecule has 160 valence electrons. The Kier molecular flexibility index (Phi) is 12.9. The van der Waals surface area contributed by atoms with E-state index in [2.05, 4.69) is 5.32 Å². The Balaban J connectivity index is 4.50. The Morgan fingerprint density at radius 3 is 2.04 bits per heavy atom. The summed E-state index contributed by atoms with van der Waals surface area (Å²) in [7, 11) is 0. The fourth-order valence-corrected chi connectivity index (χ4v) is 1.75. The normalized spacial score (nSPS) is 14.0. The lowest BCUT2D eigenvalue weighted by Crippen LogP contribution is -2.41. The maximum Gasteiger partial charge on any atom is 0.407 e. The van der Waals surface area contributed by atoms with E-state index in [0.29, 0.717) is 0 Å². The SMILES string of the molecule is CC(C)(C)OC(=O)NCC(CO)OCC(COCC(=O)O)OC(CO)CO. The average Bonchev–Trinajstić information content (AvgIpc) is 2.57. The van der Waals surface area contributed by atoms with Crippen LogP contribution in [-0.2, 0) is 23.7 Å². The maximum absolute atomic E-state index is 11.6. The van der Waals surface area contributed by atoms with Crippen LogP contribution in [0.3, 0.4) is 0 Å². The predicted octanol–water partition coefficient (Wildman–Crippen LogP) is -1.27. The lowest BCUT2D eigenvalue weighted by molar-refractivity contribution is -0.150. The Morgan fingerprint density at radius 2 is 1.56 bits per heavy atom. The number of aliphatic carboxylic acids is 1. The van der Waals surface area contributed by atoms with Crippen molar-refractivity contribution in [3.63, 3.8) is 0 Å². The minimum Gasteiger partial charge on any atom is -0.480 e. The van der Waals surface area contributed by atoms with Gasteiger partial charge in [0.05, 0.1) is 39.1 Å². The number of hydrogen-bond acceptors (Lipinski definition) is 9. The molecule has 2 atom stereocenters. The predicted molar refractivity (Wildman–Crippen MR) is 92.3 cm³/mol. The molecule has 0 fully saturated rings. The highest BCUT2D eigenvalue weighted by Gasteiger charge is 2.21. The number of aliphatic hydroxyl groups excluding tert-OH is 3. The zero-order valence-electron chi connectivity index (χ0n) is 15.9. The summed E-state index contributed by atoms with van der Waals surface area (Å²) in [5.41, 5.74) is -0.663. The fourth-order valence-electron chi connectivity index (χ4n) is 1.75. The van der Waals surface area contributed by atoms with E-state index in [1.165, 1.54) is 0 Å². The first-order valence-electron chi connectivity index (χ1n) is 8.47. The molecule has 0 rings (SSSR count). The van der Waals surface area contributed by atoms with Crippen LogP contribution in [0.1, 0.15) is 20.8 Å². The van der Waals surface area contributed by atoms with Crippen molar-refractivity contribution in [3.05, 3.63) is 0 Å². The van der Waals surface area contributed by atoms with Crippen molar-refractivity contribution in [1.29, 1.82) is 0 Å². The topological polar surface area (TPSA) is 164 Å². The van der Waals surface area contributed by atoms with Crippen molar-refractivity contribution in [2.75, 3.05) is 46.2 Å². The van der Waals surface area contributed by atoms with E-state index in [1.807, 2.05) is 0 Å². The number of amides is 1. The number of carbonyl (C=O) groups excluding carboxylic acids is 1. The zero-order valence-corrected chi connectivity index (χ0v) is 15.9. The molecule has 0 spiro atoms. The third-order valence-corrected chi connectivity index (χ3v) is 2.92. The third-order valence-electron chi connectivity index (χ3n) is 2.92. The number of alkyl carbamates (subject to hydrolysis) is 1. The van der Waals surface area contributed by atoms with Gasteiger partial charge in [-0.2, -0.15) is 0 Å². The molecule has 1 amide bonds. The molecule has 27 heavy (non-hydrogen) atoms. The molecule has 2 unspecified atom stereocenters. The Bertz CT molecular complexity index is 422. The number of aliphatic hydroxyl groups is 3. The molecule has 11 nitrogen and oxygen atoms in total. The average molecular weight is 397 g/mol. The molecular weight excluding hydrogens is 366 g/mol. The second-order valence-electron chi connectivity index (χ2n) is 6.67. The van der Waals surface area contributed by atoms with Crippen LogP contribution in [-0.4, -0.2) is 103 Å². The second-order valence-corrected chi connectivity index (χ2v) is 6.67. The summed E-state index contributed by atoms with van der Waals surface area (Å²) in [6.45, 7) is 2.97. The van der Waals surface area contributed by atoms with E-state index in [1.54, 1.807) is 20.8 Å². The highest BCUT2D eigenvalue weighted by molar-refractivity contribution is 5.68. The zero-order chi connectivity index (χ0) is 20.9. The van der Waals surface area contributed by atoms with Gasteiger partial charge in [0.1, 0.15) is 24.4 Å². The molecule has 0 saturated heterocycles. The van der Waals surface area contributed by atoms with Gasteiger partial charge in [0.25, 0.3) is 0 Å². The summed E-state index contributed by atoms with van der Waals surface area (Å²) < 4.78 is 20.8. The lowest BCUT2D eigenvalue weighted by Gasteiger charge is -2.25. The Morgan fingerprint density at radius 1 is 0.963 bits per heavy atom. The Labute approximate surface area is 158 Å². The van der Waals surface area contributed by atoms with Crippen LogP contribution in [0.5, 0.6) is 0 Å². The van der Waals surface area contributed by atoms with Crippen molar-refractivity contribution in [3.8, 4) is 0 Å². The molecular formula is C16H31NO10. The monoisotopic (exact) mass is 397 g/mol. The molecule has 0 aliphatic rings. The summed E-state index contributed by atoms with van der Waals surface area (Å²) in [5, 5.41) is 38.6. The minimum absolute atomic E-state index is 0.0302. The van der Waals surface area contributed by atoms with Crippen molar-refractivity contribution < 1.29 is 49.0 Å². The van der Waals surface area contributed by atoms with Crippen molar-refractivity contribution in [2.45, 2.75) is 44.7 Å². The quantitative estimate of drug-likeness (QED) is 0.239. The van der Waals surface area contributed by atoms with Crippen LogP contribution in [0.25, 0.3) is 0 Å². The van der Waals surface area contributed by atoms with Crippen molar-refractivity contribution in [2.24, 2.45) is 0 Å². The molecule has 0 saturated carbocycles. The molecule has 0 aromatic carbocycles. The molecule has 11 heteroatoms. The van der Waals surface area contributed by atoms with E-state index in [4.69, 9.17) is 34.3 Å². The van der Waals surface area contributed by atoms with Gasteiger partial charge in [-0.25, -0.2) is 9.59 Å². The van der Waals surface area contributed by atoms with Gasteiger partial charge in [0, 0.05) is 6.54 Å². The molecule has 0 bridgehead atoms. The van der Waals surface area contributed by atoms with E-state index in [0.717, 1.165) is 0 Å². The van der Waals surface area contributed by atoms with E-state index in [9.17, 15) is 14.7 Å². The summed E-state index contributed by atoms with van der Waals surface area (Å²) in [6, 6.07) is 0. The highest BCUT2D eigenvalue weighted by atomic mass is 16.6. The molecule has 0 aliphatic carbocycles. The number of rotatable bonds is 14. The standard InChI is InChI=1S/C16H31NO10/c1-16(2,3)27-15(23)17-4-11(5-18)25-9-13(8-24-10-14(21)22)26-12(6-19)7-20/h11-13,18-20H,4-10H2,1-3H3,(H,17,23)(H,21,22). The molecule has 0 aromatic rings. The van der Waals surface area contributed by atoms with Crippen LogP contribution in [0.15, 0.2) is 0 Å². The number of carboxylic acid groups (broad SMARTS) is 1. The second kappa shape index (κ2) is 13.6. The molecule has 0 aromatic heterocycles. The first kappa shape index (κ1) is 25.5. The van der Waals surface area contributed by atoms with Gasteiger partial charge < -0.3 is 44.7 Å². The van der Waals surface area contributed by atoms with Crippen LogP contribution < -0.4 is 5.32 Å². The summed E-state index contributed by atoms with van der Waals surface area (Å²) in [4.78, 5) is 22.1. The number of nitrogens with one attached hydrogen (secondary N) is 1. The molecule has 5 N–H and O–H groups in total. The van der Waals surface area contributed by atoms with Crippen LogP contribution >= 0.6 is 0 Å². The summed E-state index contributed by atoms with van der Waals surface area (Å²) >= 11 is 0. The van der Waals surface area contributed by atoms with Gasteiger partial charge in [-0.3, -0.25) is 0 Å². The van der Waals surface area contributed by atoms with Crippen LogP contribution in [0, 0.1) is 0 Å². The van der Waals surface area contributed by atoms with Crippen molar-refractivity contribution >= 4 is 12.1 Å². The van der Waals surface area contributed by atoms with Gasteiger partial charge in [0.15, 0.2) is 0 Å². The number of carboxylic acids is 1. The molecule has 0 radical (unpaired) electrons. The number of carbonyl (C=O) groups is 2. The molecule has 0 heterocycles. The van der Waals surface area contributed by atoms with Crippen LogP contribution in [0.4, 0.5) is 4.79 Å². The van der Waals surface area contributed by atoms with Crippen molar-refractivity contribution in [1.82, 2.24) is 5.32 Å². The highest BCUT2D eigenvalue weighted by Crippen LogP contribution is 2.07. The number of ether oxygens (including phenoxy) is 4. The minimum atomic E-state index is -1.16. The van der Waals surface area contributed by atoms with Gasteiger partial charge in [0.2, 0.25) is 0 Å². The van der Waals surface area contributed by atoms with Gasteiger partial charge in [-0.05, 0) is 20.8 Å². The van der Waals surface area contributed by atoms with E-state index < -0.39 is 62.4 Å². The van der Waals surface area contributed by atoms with E-state index >= 15 is 0 Å². The number of hydrogen-bond donors (Lipinski definition) is 5. The first-order chi connectivity index (χ1) is 12.6. The van der Waals surface area contributed by atoms with Crippen LogP contribution in [0.2, 0.25) is 0 Å². The van der Waals surface area contributed by atoms with Gasteiger partial charge in [-0.1, -0.05) is 0 Å². The summed E-state index contributed by atoms with van der Waals surface area (Å²) in [5.74, 6) is -1.16. The summed E-state index contributed by atoms with van der Waals surface area (Å²) in [6.07, 6.45) is -3.13. The smallest absolute Gasteiger partial charge is 0.407 e. The third kappa shape index (κ3) is 14.3. The van der Waals surface area contributed by atoms with E-state index in [-0.39, 0.29) is 19.8 Å². The maximum atomic E-state index is 11.6. The lowest BCUT2D eigenvalue weighted by atomic mass is 10.2.